The fraction of sp³-hybridized carbons (Fsp3) is 0.417. The fourth-order valence-corrected chi connectivity index (χ4v) is 1.53. The second kappa shape index (κ2) is 7.39. The largest absolute Gasteiger partial charge is 0.490 e. The molecule has 110 valence electrons. The van der Waals surface area contributed by atoms with Crippen molar-refractivity contribution in [1.29, 1.82) is 0 Å². The summed E-state index contributed by atoms with van der Waals surface area (Å²) in [5.41, 5.74) is -0.350. The Hall–Kier alpha value is -2.22. The molecule has 0 saturated carbocycles. The Balaban J connectivity index is 2.58. The smallest absolute Gasteiger partial charge is 0.322 e. The number of nitro benzene ring substituents is 1. The molecule has 20 heavy (non-hydrogen) atoms. The molecule has 1 unspecified atom stereocenters. The number of likely N-dealkylation sites (N-methyl/N-ethyl adjacent to an activating group) is 1. The number of nitrogens with zero attached hydrogens (tertiary/aromatic N) is 1. The van der Waals surface area contributed by atoms with E-state index in [1.165, 1.54) is 13.2 Å². The van der Waals surface area contributed by atoms with Gasteiger partial charge in [-0.25, -0.2) is 4.39 Å². The lowest BCUT2D eigenvalue weighted by atomic mass is 10.2. The first kappa shape index (κ1) is 15.8. The number of nitrogens with one attached hydrogen (secondary N) is 1. The number of non-ortho nitro benzene ring substituents is 1. The summed E-state index contributed by atoms with van der Waals surface area (Å²) in [6.07, 6.45) is 0.277. The monoisotopic (exact) mass is 286 g/mol. The maximum Gasteiger partial charge on any atom is 0.322 e. The van der Waals surface area contributed by atoms with Gasteiger partial charge in [-0.3, -0.25) is 14.9 Å². The number of methoxy groups -OCH3 is 1. The molecule has 0 aliphatic heterocycles. The highest BCUT2D eigenvalue weighted by Gasteiger charge is 2.17. The predicted molar refractivity (Wildman–Crippen MR) is 68.0 cm³/mol. The van der Waals surface area contributed by atoms with Gasteiger partial charge in [0.1, 0.15) is 6.04 Å². The van der Waals surface area contributed by atoms with Crippen LogP contribution in [0.1, 0.15) is 6.42 Å². The summed E-state index contributed by atoms with van der Waals surface area (Å²) >= 11 is 0. The summed E-state index contributed by atoms with van der Waals surface area (Å²) < 4.78 is 23.2. The molecule has 0 aliphatic carbocycles. The van der Waals surface area contributed by atoms with Crippen molar-refractivity contribution in [1.82, 2.24) is 5.32 Å². The maximum atomic E-state index is 13.5. The van der Waals surface area contributed by atoms with Crippen LogP contribution in [0.3, 0.4) is 0 Å². The van der Waals surface area contributed by atoms with Gasteiger partial charge in [0.2, 0.25) is 0 Å². The first-order chi connectivity index (χ1) is 9.49. The third kappa shape index (κ3) is 4.16. The second-order valence-corrected chi connectivity index (χ2v) is 3.87. The molecule has 0 radical (unpaired) electrons. The topological polar surface area (TPSA) is 90.7 Å². The predicted octanol–water partition coefficient (Wildman–Crippen LogP) is 1.26. The number of carbonyl (C=O) groups is 1. The molecule has 1 N–H and O–H groups in total. The van der Waals surface area contributed by atoms with Gasteiger partial charge in [-0.15, -0.1) is 0 Å². The third-order valence-corrected chi connectivity index (χ3v) is 2.62. The molecule has 1 aromatic rings. The third-order valence-electron chi connectivity index (χ3n) is 2.62. The van der Waals surface area contributed by atoms with Crippen molar-refractivity contribution in [3.05, 3.63) is 34.1 Å². The van der Waals surface area contributed by atoms with Gasteiger partial charge < -0.3 is 14.8 Å². The Morgan fingerprint density at radius 1 is 1.55 bits per heavy atom. The molecule has 0 aliphatic rings. The highest BCUT2D eigenvalue weighted by molar-refractivity contribution is 5.75. The molecule has 7 nitrogen and oxygen atoms in total. The van der Waals surface area contributed by atoms with E-state index in [0.29, 0.717) is 0 Å². The van der Waals surface area contributed by atoms with E-state index in [1.807, 2.05) is 0 Å². The summed E-state index contributed by atoms with van der Waals surface area (Å²) in [5.74, 6) is -1.37. The number of esters is 1. The quantitative estimate of drug-likeness (QED) is 0.461. The molecular weight excluding hydrogens is 271 g/mol. The Morgan fingerprint density at radius 3 is 2.75 bits per heavy atom. The molecule has 8 heteroatoms. The van der Waals surface area contributed by atoms with E-state index >= 15 is 0 Å². The van der Waals surface area contributed by atoms with Gasteiger partial charge in [0, 0.05) is 12.5 Å². The highest BCUT2D eigenvalue weighted by Crippen LogP contribution is 2.22. The van der Waals surface area contributed by atoms with Crippen molar-refractivity contribution < 1.29 is 23.6 Å². The van der Waals surface area contributed by atoms with Crippen LogP contribution < -0.4 is 10.1 Å². The van der Waals surface area contributed by atoms with Crippen LogP contribution in [-0.4, -0.2) is 37.7 Å². The minimum absolute atomic E-state index is 0.0648. The molecule has 1 aromatic carbocycles. The Bertz CT molecular complexity index is 495. The number of carbonyl (C=O) groups excluding carboxylic acids is 1. The van der Waals surface area contributed by atoms with Crippen LogP contribution in [-0.2, 0) is 9.53 Å². The first-order valence-corrected chi connectivity index (χ1v) is 5.81. The fourth-order valence-electron chi connectivity index (χ4n) is 1.53. The Morgan fingerprint density at radius 2 is 2.25 bits per heavy atom. The molecule has 1 atom stereocenters. The van der Waals surface area contributed by atoms with Crippen LogP contribution in [0.5, 0.6) is 5.75 Å². The molecular formula is C12H15FN2O5. The zero-order valence-electron chi connectivity index (χ0n) is 11.1. The van der Waals surface area contributed by atoms with Crippen LogP contribution in [0.15, 0.2) is 18.2 Å². The Labute approximate surface area is 114 Å². The van der Waals surface area contributed by atoms with Gasteiger partial charge in [-0.05, 0) is 13.1 Å². The van der Waals surface area contributed by atoms with Crippen molar-refractivity contribution in [3.63, 3.8) is 0 Å². The van der Waals surface area contributed by atoms with Crippen LogP contribution in [0.2, 0.25) is 0 Å². The van der Waals surface area contributed by atoms with E-state index in [2.05, 4.69) is 10.1 Å². The molecule has 0 saturated heterocycles. The lowest BCUT2D eigenvalue weighted by Gasteiger charge is -2.14. The van der Waals surface area contributed by atoms with Crippen molar-refractivity contribution in [3.8, 4) is 5.75 Å². The molecule has 0 fully saturated rings. The van der Waals surface area contributed by atoms with E-state index < -0.39 is 22.8 Å². The molecule has 0 spiro atoms. The number of ether oxygens (including phenoxy) is 2. The SMILES string of the molecule is CNC(CCOc1ccc([N+](=O)[O-])cc1F)C(=O)OC. The molecule has 0 amide bonds. The average molecular weight is 286 g/mol. The lowest BCUT2D eigenvalue weighted by molar-refractivity contribution is -0.385. The summed E-state index contributed by atoms with van der Waals surface area (Å²) in [7, 11) is 2.86. The highest BCUT2D eigenvalue weighted by atomic mass is 19.1. The van der Waals surface area contributed by atoms with Gasteiger partial charge in [0.15, 0.2) is 11.6 Å². The van der Waals surface area contributed by atoms with Crippen LogP contribution in [0.4, 0.5) is 10.1 Å². The summed E-state index contributed by atoms with van der Waals surface area (Å²) in [5, 5.41) is 13.2. The van der Waals surface area contributed by atoms with Crippen molar-refractivity contribution >= 4 is 11.7 Å². The normalized spacial score (nSPS) is 11.8. The minimum Gasteiger partial charge on any atom is -0.490 e. The number of nitro groups is 1. The van der Waals surface area contributed by atoms with Crippen LogP contribution >= 0.6 is 0 Å². The number of hydrogen-bond acceptors (Lipinski definition) is 6. The van der Waals surface area contributed by atoms with Crippen LogP contribution in [0, 0.1) is 15.9 Å². The van der Waals surface area contributed by atoms with Gasteiger partial charge >= 0.3 is 5.97 Å². The standard InChI is InChI=1S/C12H15FN2O5/c1-14-10(12(16)19-2)5-6-20-11-4-3-8(15(17)18)7-9(11)13/h3-4,7,10,14H,5-6H2,1-2H3. The van der Waals surface area contributed by atoms with E-state index in [1.54, 1.807) is 7.05 Å². The molecule has 0 bridgehead atoms. The van der Waals surface area contributed by atoms with Gasteiger partial charge in [-0.1, -0.05) is 0 Å². The number of benzene rings is 1. The van der Waals surface area contributed by atoms with Gasteiger partial charge in [0.05, 0.1) is 24.7 Å². The van der Waals surface area contributed by atoms with E-state index in [-0.39, 0.29) is 24.5 Å². The first-order valence-electron chi connectivity index (χ1n) is 5.81. The zero-order chi connectivity index (χ0) is 15.1. The van der Waals surface area contributed by atoms with E-state index in [0.717, 1.165) is 12.1 Å². The number of halogens is 1. The summed E-state index contributed by atoms with van der Waals surface area (Å²) in [6, 6.07) is 2.56. The van der Waals surface area contributed by atoms with Gasteiger partial charge in [-0.2, -0.15) is 0 Å². The van der Waals surface area contributed by atoms with Crippen molar-refractivity contribution in [2.45, 2.75) is 12.5 Å². The van der Waals surface area contributed by atoms with Gasteiger partial charge in [0.25, 0.3) is 5.69 Å². The average Bonchev–Trinajstić information content (AvgIpc) is 2.44. The number of rotatable bonds is 7. The van der Waals surface area contributed by atoms with Crippen molar-refractivity contribution in [2.75, 3.05) is 20.8 Å². The molecule has 0 aromatic heterocycles. The minimum atomic E-state index is -0.821. The molecule has 1 rings (SSSR count). The van der Waals surface area contributed by atoms with E-state index in [4.69, 9.17) is 4.74 Å². The van der Waals surface area contributed by atoms with E-state index in [9.17, 15) is 19.3 Å². The van der Waals surface area contributed by atoms with Crippen LogP contribution in [0.25, 0.3) is 0 Å². The zero-order valence-corrected chi connectivity index (χ0v) is 11.1. The Kier molecular flexibility index (Phi) is 5.85. The summed E-state index contributed by atoms with van der Waals surface area (Å²) in [4.78, 5) is 21.0. The number of hydrogen-bond donors (Lipinski definition) is 1. The second-order valence-electron chi connectivity index (χ2n) is 3.87. The summed E-state index contributed by atoms with van der Waals surface area (Å²) in [6.45, 7) is 0.0648. The lowest BCUT2D eigenvalue weighted by Crippen LogP contribution is -2.36. The van der Waals surface area contributed by atoms with Crippen molar-refractivity contribution in [2.24, 2.45) is 0 Å². The maximum absolute atomic E-state index is 13.5. The molecule has 0 heterocycles.